The molecular formula is C11H7AsF6O2. The number of halogens is 6. The Morgan fingerprint density at radius 2 is 1.70 bits per heavy atom. The van der Waals surface area contributed by atoms with E-state index in [1.165, 1.54) is 0 Å². The van der Waals surface area contributed by atoms with Crippen molar-refractivity contribution in [3.05, 3.63) is 34.9 Å². The topological polar surface area (TPSA) is 37.3 Å². The van der Waals surface area contributed by atoms with Crippen molar-refractivity contribution in [2.75, 3.05) is 0 Å². The summed E-state index contributed by atoms with van der Waals surface area (Å²) < 4.78 is 75.1. The maximum absolute atomic E-state index is 12.8. The predicted octanol–water partition coefficient (Wildman–Crippen LogP) is 3.31. The number of carboxylic acid groups (broad SMARTS) is 1. The molecule has 9 heteroatoms. The van der Waals surface area contributed by atoms with Gasteiger partial charge in [-0.05, 0) is 0 Å². The Balaban J connectivity index is 3.42. The summed E-state index contributed by atoms with van der Waals surface area (Å²) in [4.78, 5) is 10.6. The van der Waals surface area contributed by atoms with Gasteiger partial charge < -0.3 is 0 Å². The quantitative estimate of drug-likeness (QED) is 0.664. The molecule has 1 aromatic carbocycles. The Bertz CT molecular complexity index is 509. The normalized spacial score (nSPS) is 14.2. The molecule has 0 heterocycles. The molecule has 2 nitrogen and oxygen atoms in total. The van der Waals surface area contributed by atoms with Crippen molar-refractivity contribution >= 4 is 22.8 Å². The number of benzene rings is 1. The van der Waals surface area contributed by atoms with Crippen LogP contribution in [0, 0.1) is 0 Å². The standard InChI is InChI=1S/C11H7AsF6O2/c12-7(9(19)20)4-5-2-1-3-6(10(13,14)15)8(5)11(16,17)18/h1-3,7H,4H2,(H,19,20). The number of hydrogen-bond donors (Lipinski definition) is 1. The number of alkyl halides is 6. The Labute approximate surface area is 118 Å². The first kappa shape index (κ1) is 16.9. The van der Waals surface area contributed by atoms with Gasteiger partial charge in [-0.25, -0.2) is 0 Å². The van der Waals surface area contributed by atoms with Crippen LogP contribution in [-0.2, 0) is 23.6 Å². The molecular weight excluding hydrogens is 353 g/mol. The summed E-state index contributed by atoms with van der Waals surface area (Å²) in [7, 11) is 0. The molecule has 0 saturated carbocycles. The molecule has 110 valence electrons. The molecule has 0 fully saturated rings. The molecule has 0 aromatic heterocycles. The molecule has 0 amide bonds. The molecule has 2 radical (unpaired) electrons. The molecule has 0 aliphatic rings. The van der Waals surface area contributed by atoms with Crippen molar-refractivity contribution in [2.24, 2.45) is 0 Å². The monoisotopic (exact) mass is 360 g/mol. The third-order valence-corrected chi connectivity index (χ3v) is 3.28. The molecule has 1 unspecified atom stereocenters. The maximum atomic E-state index is 12.8. The zero-order chi connectivity index (χ0) is 15.7. The zero-order valence-electron chi connectivity index (χ0n) is 9.59. The fourth-order valence-electron chi connectivity index (χ4n) is 1.64. The molecule has 0 saturated heterocycles. The molecule has 0 bridgehead atoms. The van der Waals surface area contributed by atoms with Gasteiger partial charge in [-0.2, -0.15) is 0 Å². The summed E-state index contributed by atoms with van der Waals surface area (Å²) in [5, 5.41) is 8.65. The third-order valence-electron chi connectivity index (χ3n) is 2.44. The van der Waals surface area contributed by atoms with E-state index in [0.29, 0.717) is 6.07 Å². The molecule has 0 aliphatic carbocycles. The van der Waals surface area contributed by atoms with Gasteiger partial charge in [0.15, 0.2) is 0 Å². The molecule has 1 aromatic rings. The van der Waals surface area contributed by atoms with Gasteiger partial charge in [0, 0.05) is 0 Å². The first-order valence-electron chi connectivity index (χ1n) is 5.11. The van der Waals surface area contributed by atoms with Crippen LogP contribution in [0.5, 0.6) is 0 Å². The third kappa shape index (κ3) is 3.91. The van der Waals surface area contributed by atoms with Crippen molar-refractivity contribution in [1.82, 2.24) is 0 Å². The van der Waals surface area contributed by atoms with Gasteiger partial charge >= 0.3 is 117 Å². The number of carbonyl (C=O) groups is 1. The van der Waals surface area contributed by atoms with Crippen LogP contribution in [0.2, 0.25) is 4.71 Å². The van der Waals surface area contributed by atoms with E-state index in [1.54, 1.807) is 16.9 Å². The summed E-state index contributed by atoms with van der Waals surface area (Å²) in [6, 6.07) is 2.00. The van der Waals surface area contributed by atoms with Crippen LogP contribution in [0.4, 0.5) is 26.3 Å². The molecule has 0 spiro atoms. The molecule has 1 N–H and O–H groups in total. The van der Waals surface area contributed by atoms with Crippen molar-refractivity contribution in [2.45, 2.75) is 23.5 Å². The van der Waals surface area contributed by atoms with Crippen LogP contribution in [0.3, 0.4) is 0 Å². The first-order chi connectivity index (χ1) is 8.94. The van der Waals surface area contributed by atoms with E-state index in [1.807, 2.05) is 0 Å². The van der Waals surface area contributed by atoms with E-state index in [2.05, 4.69) is 0 Å². The predicted molar refractivity (Wildman–Crippen MR) is 57.3 cm³/mol. The van der Waals surface area contributed by atoms with Gasteiger partial charge in [0.05, 0.1) is 0 Å². The SMILES string of the molecule is O=C(O)C([As])Cc1cccc(C(F)(F)F)c1C(F)(F)F. The average molecular weight is 360 g/mol. The van der Waals surface area contributed by atoms with E-state index in [9.17, 15) is 31.1 Å². The zero-order valence-corrected chi connectivity index (χ0v) is 11.5. The Morgan fingerprint density at radius 1 is 1.15 bits per heavy atom. The van der Waals surface area contributed by atoms with Gasteiger partial charge in [0.2, 0.25) is 0 Å². The van der Waals surface area contributed by atoms with Crippen LogP contribution in [-0.4, -0.2) is 27.9 Å². The Hall–Kier alpha value is -1.17. The molecule has 1 rings (SSSR count). The van der Waals surface area contributed by atoms with Crippen LogP contribution in [0.1, 0.15) is 16.7 Å². The van der Waals surface area contributed by atoms with E-state index in [0.717, 1.165) is 12.1 Å². The first-order valence-corrected chi connectivity index (χ1v) is 6.20. The van der Waals surface area contributed by atoms with Gasteiger partial charge in [0.25, 0.3) is 0 Å². The average Bonchev–Trinajstić information content (AvgIpc) is 2.25. The minimum absolute atomic E-state index is 0.326. The fraction of sp³-hybridized carbons (Fsp3) is 0.364. The van der Waals surface area contributed by atoms with Crippen LogP contribution in [0.15, 0.2) is 18.2 Å². The van der Waals surface area contributed by atoms with Gasteiger partial charge in [-0.3, -0.25) is 0 Å². The van der Waals surface area contributed by atoms with Gasteiger partial charge in [0.1, 0.15) is 0 Å². The number of carboxylic acids is 1. The second-order valence-electron chi connectivity index (χ2n) is 3.89. The number of hydrogen-bond acceptors (Lipinski definition) is 1. The summed E-state index contributed by atoms with van der Waals surface area (Å²) >= 11 is 1.62. The fourth-order valence-corrected chi connectivity index (χ4v) is 2.05. The van der Waals surface area contributed by atoms with E-state index >= 15 is 0 Å². The Morgan fingerprint density at radius 3 is 2.10 bits per heavy atom. The minimum atomic E-state index is -5.22. The van der Waals surface area contributed by atoms with Crippen molar-refractivity contribution < 1.29 is 36.2 Å². The summed E-state index contributed by atoms with van der Waals surface area (Å²) in [5.41, 5.74) is -4.34. The van der Waals surface area contributed by atoms with Gasteiger partial charge in [-0.15, -0.1) is 0 Å². The second kappa shape index (κ2) is 5.67. The van der Waals surface area contributed by atoms with Crippen molar-refractivity contribution in [3.63, 3.8) is 0 Å². The van der Waals surface area contributed by atoms with Crippen LogP contribution >= 0.6 is 0 Å². The van der Waals surface area contributed by atoms with Crippen LogP contribution < -0.4 is 0 Å². The van der Waals surface area contributed by atoms with Gasteiger partial charge in [-0.1, -0.05) is 0 Å². The molecule has 0 aliphatic heterocycles. The van der Waals surface area contributed by atoms with Crippen molar-refractivity contribution in [1.29, 1.82) is 0 Å². The number of aliphatic carboxylic acids is 1. The molecule has 1 atom stereocenters. The summed E-state index contributed by atoms with van der Waals surface area (Å²) in [6.45, 7) is 0. The van der Waals surface area contributed by atoms with Crippen LogP contribution in [0.25, 0.3) is 0 Å². The molecule has 20 heavy (non-hydrogen) atoms. The van der Waals surface area contributed by atoms with E-state index < -0.39 is 46.1 Å². The van der Waals surface area contributed by atoms with E-state index in [4.69, 9.17) is 5.11 Å². The van der Waals surface area contributed by atoms with E-state index in [-0.39, 0.29) is 0 Å². The van der Waals surface area contributed by atoms with Crippen molar-refractivity contribution in [3.8, 4) is 0 Å². The second-order valence-corrected chi connectivity index (χ2v) is 5.20. The Kier molecular flexibility index (Phi) is 4.79. The summed E-state index contributed by atoms with van der Waals surface area (Å²) in [5.74, 6) is -1.41. The summed E-state index contributed by atoms with van der Waals surface area (Å²) in [6.07, 6.45) is -11.0. The number of rotatable bonds is 3.